The standard InChI is InChI=1S/C12H15N3O2/c13-12-9(5-6-16)7-14-15(12)8-10-3-1-2-4-11(10)17/h1-4,7,16-17H,5-6,8,13H2. The number of hydrogen-bond acceptors (Lipinski definition) is 4. The number of hydrogen-bond donors (Lipinski definition) is 3. The molecular weight excluding hydrogens is 218 g/mol. The summed E-state index contributed by atoms with van der Waals surface area (Å²) in [4.78, 5) is 0. The van der Waals surface area contributed by atoms with E-state index >= 15 is 0 Å². The van der Waals surface area contributed by atoms with Gasteiger partial charge in [-0.3, -0.25) is 0 Å². The largest absolute Gasteiger partial charge is 0.508 e. The number of para-hydroxylation sites is 1. The lowest BCUT2D eigenvalue weighted by Gasteiger charge is -2.06. The van der Waals surface area contributed by atoms with Crippen LogP contribution in [0.4, 0.5) is 5.82 Å². The molecule has 90 valence electrons. The number of nitrogens with zero attached hydrogens (tertiary/aromatic N) is 2. The highest BCUT2D eigenvalue weighted by atomic mass is 16.3. The Balaban J connectivity index is 2.22. The molecule has 0 aliphatic carbocycles. The van der Waals surface area contributed by atoms with Crippen molar-refractivity contribution in [3.63, 3.8) is 0 Å². The molecule has 4 N–H and O–H groups in total. The van der Waals surface area contributed by atoms with Crippen LogP contribution >= 0.6 is 0 Å². The zero-order valence-corrected chi connectivity index (χ0v) is 9.37. The predicted octanol–water partition coefficient (Wildman–Crippen LogP) is 0.754. The summed E-state index contributed by atoms with van der Waals surface area (Å²) in [5.41, 5.74) is 7.48. The van der Waals surface area contributed by atoms with Gasteiger partial charge in [0.1, 0.15) is 11.6 Å². The molecule has 0 spiro atoms. The van der Waals surface area contributed by atoms with Gasteiger partial charge in [-0.1, -0.05) is 18.2 Å². The molecule has 0 aliphatic heterocycles. The molecule has 1 aromatic heterocycles. The van der Waals surface area contributed by atoms with Gasteiger partial charge in [0.15, 0.2) is 0 Å². The van der Waals surface area contributed by atoms with Crippen LogP contribution in [0.2, 0.25) is 0 Å². The van der Waals surface area contributed by atoms with Crippen molar-refractivity contribution in [3.8, 4) is 5.75 Å². The average molecular weight is 233 g/mol. The van der Waals surface area contributed by atoms with Crippen LogP contribution in [0.25, 0.3) is 0 Å². The third-order valence-corrected chi connectivity index (χ3v) is 2.65. The van der Waals surface area contributed by atoms with Gasteiger partial charge in [-0.25, -0.2) is 4.68 Å². The van der Waals surface area contributed by atoms with Crippen molar-refractivity contribution in [2.75, 3.05) is 12.3 Å². The highest BCUT2D eigenvalue weighted by Gasteiger charge is 2.08. The normalized spacial score (nSPS) is 10.6. The second-order valence-electron chi connectivity index (χ2n) is 3.82. The first-order valence-electron chi connectivity index (χ1n) is 5.40. The minimum absolute atomic E-state index is 0.0481. The van der Waals surface area contributed by atoms with Gasteiger partial charge in [0.2, 0.25) is 0 Å². The molecule has 5 nitrogen and oxygen atoms in total. The summed E-state index contributed by atoms with van der Waals surface area (Å²) in [6.45, 7) is 0.469. The monoisotopic (exact) mass is 233 g/mol. The molecule has 1 heterocycles. The first kappa shape index (κ1) is 11.5. The number of nitrogens with two attached hydrogens (primary N) is 1. The number of phenolic OH excluding ortho intramolecular Hbond substituents is 1. The second-order valence-corrected chi connectivity index (χ2v) is 3.82. The summed E-state index contributed by atoms with van der Waals surface area (Å²) in [5.74, 6) is 0.758. The van der Waals surface area contributed by atoms with E-state index in [2.05, 4.69) is 5.10 Å². The van der Waals surface area contributed by atoms with Gasteiger partial charge in [0.25, 0.3) is 0 Å². The number of benzene rings is 1. The molecule has 0 saturated carbocycles. The van der Waals surface area contributed by atoms with Crippen molar-refractivity contribution >= 4 is 5.82 Å². The van der Waals surface area contributed by atoms with Crippen molar-refractivity contribution in [1.82, 2.24) is 9.78 Å². The van der Waals surface area contributed by atoms with Gasteiger partial charge in [-0.15, -0.1) is 0 Å². The Morgan fingerprint density at radius 3 is 2.71 bits per heavy atom. The molecule has 5 heteroatoms. The Morgan fingerprint density at radius 1 is 1.24 bits per heavy atom. The first-order chi connectivity index (χ1) is 8.22. The van der Waals surface area contributed by atoms with E-state index in [-0.39, 0.29) is 12.4 Å². The van der Waals surface area contributed by atoms with Gasteiger partial charge in [0.05, 0.1) is 12.7 Å². The number of nitrogen functional groups attached to an aromatic ring is 1. The van der Waals surface area contributed by atoms with E-state index in [1.165, 1.54) is 0 Å². The SMILES string of the molecule is Nc1c(CCO)cnn1Cc1ccccc1O. The predicted molar refractivity (Wildman–Crippen MR) is 64.6 cm³/mol. The van der Waals surface area contributed by atoms with Crippen molar-refractivity contribution in [1.29, 1.82) is 0 Å². The maximum Gasteiger partial charge on any atom is 0.125 e. The number of aliphatic hydroxyl groups is 1. The molecule has 0 saturated heterocycles. The summed E-state index contributed by atoms with van der Waals surface area (Å²) in [6, 6.07) is 7.07. The molecule has 0 amide bonds. The maximum atomic E-state index is 9.65. The fourth-order valence-electron chi connectivity index (χ4n) is 1.68. The van der Waals surface area contributed by atoms with Gasteiger partial charge in [-0.2, -0.15) is 5.10 Å². The average Bonchev–Trinajstić information content (AvgIpc) is 2.65. The fraction of sp³-hybridized carbons (Fsp3) is 0.250. The molecule has 0 unspecified atom stereocenters. The molecule has 1 aromatic carbocycles. The zero-order valence-electron chi connectivity index (χ0n) is 9.37. The second kappa shape index (κ2) is 4.88. The molecule has 2 rings (SSSR count). The molecular formula is C12H15N3O2. The lowest BCUT2D eigenvalue weighted by atomic mass is 10.2. The summed E-state index contributed by atoms with van der Waals surface area (Å²) < 4.78 is 1.61. The van der Waals surface area contributed by atoms with E-state index in [1.807, 2.05) is 12.1 Å². The molecule has 0 aliphatic rings. The number of aromatic hydroxyl groups is 1. The quantitative estimate of drug-likeness (QED) is 0.727. The van der Waals surface area contributed by atoms with Crippen LogP contribution < -0.4 is 5.73 Å². The van der Waals surface area contributed by atoms with Gasteiger partial charge >= 0.3 is 0 Å². The minimum atomic E-state index is 0.0481. The van der Waals surface area contributed by atoms with Crippen LogP contribution in [-0.4, -0.2) is 26.6 Å². The number of aliphatic hydroxyl groups excluding tert-OH is 1. The van der Waals surface area contributed by atoms with E-state index in [0.29, 0.717) is 18.8 Å². The third kappa shape index (κ3) is 2.39. The molecule has 0 bridgehead atoms. The van der Waals surface area contributed by atoms with Crippen LogP contribution in [-0.2, 0) is 13.0 Å². The molecule has 0 radical (unpaired) electrons. The lowest BCUT2D eigenvalue weighted by molar-refractivity contribution is 0.300. The van der Waals surface area contributed by atoms with E-state index in [4.69, 9.17) is 10.8 Å². The summed E-state index contributed by atoms with van der Waals surface area (Å²) in [6.07, 6.45) is 2.14. The van der Waals surface area contributed by atoms with Gasteiger partial charge < -0.3 is 15.9 Å². The molecule has 0 atom stereocenters. The van der Waals surface area contributed by atoms with E-state index in [1.54, 1.807) is 23.0 Å². The van der Waals surface area contributed by atoms with Crippen molar-refractivity contribution in [3.05, 3.63) is 41.6 Å². The Labute approximate surface area is 99.1 Å². The molecule has 17 heavy (non-hydrogen) atoms. The minimum Gasteiger partial charge on any atom is -0.508 e. The highest BCUT2D eigenvalue weighted by molar-refractivity contribution is 5.40. The Kier molecular flexibility index (Phi) is 3.30. The topological polar surface area (TPSA) is 84.3 Å². The van der Waals surface area contributed by atoms with Crippen LogP contribution in [0.5, 0.6) is 5.75 Å². The van der Waals surface area contributed by atoms with Crippen LogP contribution in [0, 0.1) is 0 Å². The summed E-state index contributed by atoms with van der Waals surface area (Å²) >= 11 is 0. The fourth-order valence-corrected chi connectivity index (χ4v) is 1.68. The lowest BCUT2D eigenvalue weighted by Crippen LogP contribution is -2.07. The van der Waals surface area contributed by atoms with Gasteiger partial charge in [0, 0.05) is 24.2 Å². The first-order valence-corrected chi connectivity index (χ1v) is 5.40. The Hall–Kier alpha value is -2.01. The molecule has 0 fully saturated rings. The van der Waals surface area contributed by atoms with Crippen LogP contribution in [0.1, 0.15) is 11.1 Å². The Morgan fingerprint density at radius 2 is 2.00 bits per heavy atom. The number of anilines is 1. The van der Waals surface area contributed by atoms with Crippen molar-refractivity contribution in [2.45, 2.75) is 13.0 Å². The number of phenols is 1. The maximum absolute atomic E-state index is 9.65. The highest BCUT2D eigenvalue weighted by Crippen LogP contribution is 2.19. The zero-order chi connectivity index (χ0) is 12.3. The van der Waals surface area contributed by atoms with E-state index < -0.39 is 0 Å². The Bertz CT molecular complexity index is 508. The third-order valence-electron chi connectivity index (χ3n) is 2.65. The van der Waals surface area contributed by atoms with E-state index in [0.717, 1.165) is 11.1 Å². The van der Waals surface area contributed by atoms with Crippen molar-refractivity contribution < 1.29 is 10.2 Å². The molecule has 2 aromatic rings. The van der Waals surface area contributed by atoms with Gasteiger partial charge in [-0.05, 0) is 6.07 Å². The smallest absolute Gasteiger partial charge is 0.125 e. The van der Waals surface area contributed by atoms with Crippen LogP contribution in [0.15, 0.2) is 30.5 Å². The summed E-state index contributed by atoms with van der Waals surface area (Å²) in [7, 11) is 0. The number of rotatable bonds is 4. The van der Waals surface area contributed by atoms with Crippen molar-refractivity contribution in [2.24, 2.45) is 0 Å². The van der Waals surface area contributed by atoms with E-state index in [9.17, 15) is 5.11 Å². The van der Waals surface area contributed by atoms with Crippen LogP contribution in [0.3, 0.4) is 0 Å². The summed E-state index contributed by atoms with van der Waals surface area (Å²) in [5, 5.41) is 22.6. The number of aromatic nitrogens is 2.